The zero-order valence-electron chi connectivity index (χ0n) is 8.63. The lowest BCUT2D eigenvalue weighted by molar-refractivity contribution is 0.442. The second kappa shape index (κ2) is 4.92. The van der Waals surface area contributed by atoms with E-state index in [1.165, 1.54) is 6.07 Å². The standard InChI is InChI=1S/C13H8BrF3/c14-11(8-4-2-1-3-5-8)9-6-7-10(15)13(17)12(9)16/h1-7,11H. The summed E-state index contributed by atoms with van der Waals surface area (Å²) in [6.45, 7) is 0. The van der Waals surface area contributed by atoms with Crippen LogP contribution in [-0.4, -0.2) is 0 Å². The number of halogens is 4. The molecule has 0 aliphatic carbocycles. The Balaban J connectivity index is 2.45. The van der Waals surface area contributed by atoms with Crippen LogP contribution in [0.4, 0.5) is 13.2 Å². The van der Waals surface area contributed by atoms with Gasteiger partial charge in [0, 0.05) is 5.56 Å². The highest BCUT2D eigenvalue weighted by Crippen LogP contribution is 2.33. The van der Waals surface area contributed by atoms with Crippen molar-refractivity contribution < 1.29 is 13.2 Å². The predicted octanol–water partition coefficient (Wildman–Crippen LogP) is 4.59. The van der Waals surface area contributed by atoms with Crippen LogP contribution >= 0.6 is 15.9 Å². The van der Waals surface area contributed by atoms with Crippen LogP contribution < -0.4 is 0 Å². The zero-order valence-corrected chi connectivity index (χ0v) is 10.2. The van der Waals surface area contributed by atoms with E-state index in [4.69, 9.17) is 0 Å². The van der Waals surface area contributed by atoms with Gasteiger partial charge in [-0.1, -0.05) is 52.3 Å². The summed E-state index contributed by atoms with van der Waals surface area (Å²) in [5.74, 6) is -3.78. The number of hydrogen-bond donors (Lipinski definition) is 0. The van der Waals surface area contributed by atoms with Gasteiger partial charge in [-0.05, 0) is 11.6 Å². The first-order chi connectivity index (χ1) is 8.11. The lowest BCUT2D eigenvalue weighted by Gasteiger charge is -2.12. The van der Waals surface area contributed by atoms with Crippen LogP contribution in [0.25, 0.3) is 0 Å². The highest BCUT2D eigenvalue weighted by molar-refractivity contribution is 9.09. The van der Waals surface area contributed by atoms with Crippen molar-refractivity contribution in [2.24, 2.45) is 0 Å². The second-order valence-corrected chi connectivity index (χ2v) is 4.45. The molecule has 0 aliphatic heterocycles. The smallest absolute Gasteiger partial charge is 0.194 e. The Bertz CT molecular complexity index is 526. The Morgan fingerprint density at radius 1 is 0.824 bits per heavy atom. The average Bonchev–Trinajstić information content (AvgIpc) is 2.36. The minimum atomic E-state index is -1.44. The molecule has 0 saturated carbocycles. The molecule has 0 radical (unpaired) electrons. The Labute approximate surface area is 105 Å². The van der Waals surface area contributed by atoms with E-state index in [9.17, 15) is 13.2 Å². The van der Waals surface area contributed by atoms with Crippen molar-refractivity contribution in [3.63, 3.8) is 0 Å². The molecule has 17 heavy (non-hydrogen) atoms. The van der Waals surface area contributed by atoms with Crippen LogP contribution in [-0.2, 0) is 0 Å². The Hall–Kier alpha value is -1.29. The van der Waals surface area contributed by atoms with Gasteiger partial charge in [0.05, 0.1) is 4.83 Å². The Kier molecular flexibility index (Phi) is 3.52. The fourth-order valence-corrected chi connectivity index (χ4v) is 2.20. The Morgan fingerprint density at radius 3 is 2.12 bits per heavy atom. The highest BCUT2D eigenvalue weighted by Gasteiger charge is 2.19. The summed E-state index contributed by atoms with van der Waals surface area (Å²) in [6, 6.07) is 11.1. The molecule has 2 aromatic carbocycles. The summed E-state index contributed by atoms with van der Waals surface area (Å²) in [5.41, 5.74) is 0.854. The van der Waals surface area contributed by atoms with Crippen LogP contribution in [0, 0.1) is 17.5 Å². The van der Waals surface area contributed by atoms with Crippen molar-refractivity contribution in [1.82, 2.24) is 0 Å². The molecule has 2 rings (SSSR count). The van der Waals surface area contributed by atoms with Crippen LogP contribution in [0.1, 0.15) is 16.0 Å². The molecule has 0 aromatic heterocycles. The lowest BCUT2D eigenvalue weighted by atomic mass is 10.0. The maximum Gasteiger partial charge on any atom is 0.194 e. The lowest BCUT2D eigenvalue weighted by Crippen LogP contribution is -2.01. The molecular formula is C13H8BrF3. The van der Waals surface area contributed by atoms with E-state index in [1.807, 2.05) is 6.07 Å². The molecule has 0 amide bonds. The maximum atomic E-state index is 13.6. The third-order valence-corrected chi connectivity index (χ3v) is 3.45. The molecule has 0 spiro atoms. The van der Waals surface area contributed by atoms with Crippen LogP contribution in [0.2, 0.25) is 0 Å². The van der Waals surface area contributed by atoms with Crippen molar-refractivity contribution in [3.05, 3.63) is 71.0 Å². The first-order valence-corrected chi connectivity index (χ1v) is 5.85. The van der Waals surface area contributed by atoms with Gasteiger partial charge in [-0.15, -0.1) is 0 Å². The van der Waals surface area contributed by atoms with Gasteiger partial charge in [-0.2, -0.15) is 0 Å². The van der Waals surface area contributed by atoms with E-state index in [-0.39, 0.29) is 5.56 Å². The van der Waals surface area contributed by atoms with Gasteiger partial charge in [0.2, 0.25) is 0 Å². The third-order valence-electron chi connectivity index (χ3n) is 2.43. The summed E-state index contributed by atoms with van der Waals surface area (Å²) >= 11 is 3.27. The summed E-state index contributed by atoms with van der Waals surface area (Å²) < 4.78 is 39.4. The van der Waals surface area contributed by atoms with Gasteiger partial charge >= 0.3 is 0 Å². The number of alkyl halides is 1. The monoisotopic (exact) mass is 300 g/mol. The molecule has 2 aromatic rings. The minimum Gasteiger partial charge on any atom is -0.204 e. The van der Waals surface area contributed by atoms with Gasteiger partial charge in [0.15, 0.2) is 17.5 Å². The fourth-order valence-electron chi connectivity index (χ4n) is 1.54. The molecule has 0 N–H and O–H groups in total. The Morgan fingerprint density at radius 2 is 1.47 bits per heavy atom. The first-order valence-electron chi connectivity index (χ1n) is 4.93. The average molecular weight is 301 g/mol. The SMILES string of the molecule is Fc1ccc(C(Br)c2ccccc2)c(F)c1F. The van der Waals surface area contributed by atoms with Crippen molar-refractivity contribution in [3.8, 4) is 0 Å². The van der Waals surface area contributed by atoms with E-state index in [2.05, 4.69) is 15.9 Å². The molecule has 0 fully saturated rings. The molecule has 1 atom stereocenters. The van der Waals surface area contributed by atoms with Crippen molar-refractivity contribution in [1.29, 1.82) is 0 Å². The number of hydrogen-bond acceptors (Lipinski definition) is 0. The van der Waals surface area contributed by atoms with E-state index in [1.54, 1.807) is 24.3 Å². The third kappa shape index (κ3) is 2.36. The van der Waals surface area contributed by atoms with Crippen molar-refractivity contribution >= 4 is 15.9 Å². The topological polar surface area (TPSA) is 0 Å². The molecule has 0 bridgehead atoms. The molecule has 0 heterocycles. The van der Waals surface area contributed by atoms with E-state index in [0.717, 1.165) is 11.6 Å². The van der Waals surface area contributed by atoms with Gasteiger partial charge in [-0.3, -0.25) is 0 Å². The first kappa shape index (κ1) is 12.2. The van der Waals surface area contributed by atoms with Crippen molar-refractivity contribution in [2.75, 3.05) is 0 Å². The van der Waals surface area contributed by atoms with Gasteiger partial charge in [0.1, 0.15) is 0 Å². The summed E-state index contributed by atoms with van der Waals surface area (Å²) in [5, 5.41) is 0. The normalized spacial score (nSPS) is 12.5. The van der Waals surface area contributed by atoms with Gasteiger partial charge in [-0.25, -0.2) is 13.2 Å². The molecule has 4 heteroatoms. The minimum absolute atomic E-state index is 0.0788. The molecule has 1 unspecified atom stereocenters. The number of rotatable bonds is 2. The van der Waals surface area contributed by atoms with E-state index >= 15 is 0 Å². The largest absolute Gasteiger partial charge is 0.204 e. The molecule has 0 nitrogen and oxygen atoms in total. The highest BCUT2D eigenvalue weighted by atomic mass is 79.9. The summed E-state index contributed by atoms with van der Waals surface area (Å²) in [4.78, 5) is -0.501. The fraction of sp³-hybridized carbons (Fsp3) is 0.0769. The van der Waals surface area contributed by atoms with Crippen LogP contribution in [0.3, 0.4) is 0 Å². The van der Waals surface area contributed by atoms with Crippen molar-refractivity contribution in [2.45, 2.75) is 4.83 Å². The second-order valence-electron chi connectivity index (χ2n) is 3.54. The van der Waals surface area contributed by atoms with E-state index < -0.39 is 22.3 Å². The van der Waals surface area contributed by atoms with Gasteiger partial charge < -0.3 is 0 Å². The summed E-state index contributed by atoms with van der Waals surface area (Å²) in [7, 11) is 0. The predicted molar refractivity (Wildman–Crippen MR) is 63.5 cm³/mol. The number of benzene rings is 2. The van der Waals surface area contributed by atoms with Gasteiger partial charge in [0.25, 0.3) is 0 Å². The zero-order chi connectivity index (χ0) is 12.4. The molecule has 88 valence electrons. The quantitative estimate of drug-likeness (QED) is 0.562. The molecule has 0 aliphatic rings. The molecular weight excluding hydrogens is 293 g/mol. The maximum absolute atomic E-state index is 13.6. The van der Waals surface area contributed by atoms with Crippen LogP contribution in [0.15, 0.2) is 42.5 Å². The van der Waals surface area contributed by atoms with E-state index in [0.29, 0.717) is 0 Å². The molecule has 0 saturated heterocycles. The summed E-state index contributed by atoms with van der Waals surface area (Å²) in [6.07, 6.45) is 0. The van der Waals surface area contributed by atoms with Crippen LogP contribution in [0.5, 0.6) is 0 Å².